The quantitative estimate of drug-likeness (QED) is 0.910. The largest absolute Gasteiger partial charge is 0.497 e. The van der Waals surface area contributed by atoms with Gasteiger partial charge in [0.05, 0.1) is 27.9 Å². The summed E-state index contributed by atoms with van der Waals surface area (Å²) in [4.78, 5) is 0. The molecule has 1 N–H and O–H groups in total. The van der Waals surface area contributed by atoms with Gasteiger partial charge in [-0.2, -0.15) is 0 Å². The molecular weight excluding hydrogens is 256 g/mol. The molecule has 0 unspecified atom stereocenters. The number of methoxy groups -OCH3 is 3. The fourth-order valence-electron chi connectivity index (χ4n) is 2.15. The van der Waals surface area contributed by atoms with Gasteiger partial charge < -0.3 is 19.3 Å². The Morgan fingerprint density at radius 3 is 2.25 bits per heavy atom. The summed E-state index contributed by atoms with van der Waals surface area (Å²) in [6.45, 7) is -0.0971. The van der Waals surface area contributed by atoms with Crippen molar-refractivity contribution in [1.29, 1.82) is 0 Å². The van der Waals surface area contributed by atoms with Crippen molar-refractivity contribution < 1.29 is 19.3 Å². The van der Waals surface area contributed by atoms with Gasteiger partial charge in [-0.05, 0) is 29.3 Å². The van der Waals surface area contributed by atoms with E-state index in [1.807, 2.05) is 24.3 Å². The second kappa shape index (κ2) is 6.30. The maximum Gasteiger partial charge on any atom is 0.130 e. The molecule has 0 spiro atoms. The van der Waals surface area contributed by atoms with E-state index in [0.717, 1.165) is 22.4 Å². The predicted molar refractivity (Wildman–Crippen MR) is 77.5 cm³/mol. The lowest BCUT2D eigenvalue weighted by Crippen LogP contribution is -1.97. The predicted octanol–water partition coefficient (Wildman–Crippen LogP) is 2.87. The standard InChI is InChI=1S/C16H18O4/c1-18-13-6-4-5-11(7-13)16-12(10-17)8-14(19-2)9-15(16)20-3/h4-9,17H,10H2,1-3H3. The van der Waals surface area contributed by atoms with Gasteiger partial charge in [0, 0.05) is 11.6 Å². The maximum atomic E-state index is 9.60. The minimum absolute atomic E-state index is 0.0971. The fourth-order valence-corrected chi connectivity index (χ4v) is 2.15. The van der Waals surface area contributed by atoms with Gasteiger partial charge in [-0.15, -0.1) is 0 Å². The summed E-state index contributed by atoms with van der Waals surface area (Å²) in [5, 5.41) is 9.60. The van der Waals surface area contributed by atoms with Gasteiger partial charge in [0.1, 0.15) is 17.2 Å². The van der Waals surface area contributed by atoms with Crippen molar-refractivity contribution in [3.8, 4) is 28.4 Å². The Morgan fingerprint density at radius 2 is 1.65 bits per heavy atom. The van der Waals surface area contributed by atoms with Crippen LogP contribution in [0.4, 0.5) is 0 Å². The van der Waals surface area contributed by atoms with Gasteiger partial charge in [-0.25, -0.2) is 0 Å². The first-order chi connectivity index (χ1) is 9.73. The Balaban J connectivity index is 2.64. The SMILES string of the molecule is COc1cccc(-c2c(CO)cc(OC)cc2OC)c1. The number of rotatable bonds is 5. The molecule has 0 radical (unpaired) electrons. The first kappa shape index (κ1) is 14.2. The Bertz CT molecular complexity index is 568. The number of benzene rings is 2. The molecule has 106 valence electrons. The molecule has 0 saturated heterocycles. The lowest BCUT2D eigenvalue weighted by molar-refractivity contribution is 0.280. The zero-order valence-corrected chi connectivity index (χ0v) is 11.8. The first-order valence-electron chi connectivity index (χ1n) is 6.23. The highest BCUT2D eigenvalue weighted by molar-refractivity contribution is 5.76. The summed E-state index contributed by atoms with van der Waals surface area (Å²) in [7, 11) is 4.80. The molecule has 0 atom stereocenters. The maximum absolute atomic E-state index is 9.60. The number of ether oxygens (including phenoxy) is 3. The van der Waals surface area contributed by atoms with Crippen molar-refractivity contribution in [2.75, 3.05) is 21.3 Å². The minimum atomic E-state index is -0.0971. The zero-order chi connectivity index (χ0) is 14.5. The number of hydrogen-bond donors (Lipinski definition) is 1. The normalized spacial score (nSPS) is 10.2. The van der Waals surface area contributed by atoms with Crippen molar-refractivity contribution in [3.05, 3.63) is 42.0 Å². The van der Waals surface area contributed by atoms with Crippen LogP contribution in [0.3, 0.4) is 0 Å². The van der Waals surface area contributed by atoms with E-state index in [9.17, 15) is 5.11 Å². The van der Waals surface area contributed by atoms with Gasteiger partial charge in [0.2, 0.25) is 0 Å². The minimum Gasteiger partial charge on any atom is -0.497 e. The highest BCUT2D eigenvalue weighted by Crippen LogP contribution is 2.38. The number of aliphatic hydroxyl groups excluding tert-OH is 1. The van der Waals surface area contributed by atoms with Crippen LogP contribution in [0.5, 0.6) is 17.2 Å². The molecule has 2 aromatic carbocycles. The van der Waals surface area contributed by atoms with E-state index in [0.29, 0.717) is 11.5 Å². The summed E-state index contributed by atoms with van der Waals surface area (Å²) >= 11 is 0. The van der Waals surface area contributed by atoms with Crippen LogP contribution in [-0.4, -0.2) is 26.4 Å². The Hall–Kier alpha value is -2.20. The zero-order valence-electron chi connectivity index (χ0n) is 11.8. The molecule has 0 saturated carbocycles. The molecular formula is C16H18O4. The second-order valence-corrected chi connectivity index (χ2v) is 4.25. The van der Waals surface area contributed by atoms with E-state index in [2.05, 4.69) is 0 Å². The Labute approximate surface area is 118 Å². The molecule has 0 aliphatic heterocycles. The number of aliphatic hydroxyl groups is 1. The summed E-state index contributed by atoms with van der Waals surface area (Å²) in [5.74, 6) is 2.06. The lowest BCUT2D eigenvalue weighted by atomic mass is 9.98. The smallest absolute Gasteiger partial charge is 0.130 e. The molecule has 0 aromatic heterocycles. The van der Waals surface area contributed by atoms with Crippen LogP contribution >= 0.6 is 0 Å². The lowest BCUT2D eigenvalue weighted by Gasteiger charge is -2.15. The van der Waals surface area contributed by atoms with Crippen molar-refractivity contribution in [1.82, 2.24) is 0 Å². The van der Waals surface area contributed by atoms with Crippen LogP contribution < -0.4 is 14.2 Å². The Kier molecular flexibility index (Phi) is 4.48. The average molecular weight is 274 g/mol. The second-order valence-electron chi connectivity index (χ2n) is 4.25. The van der Waals surface area contributed by atoms with Gasteiger partial charge >= 0.3 is 0 Å². The van der Waals surface area contributed by atoms with Gasteiger partial charge in [-0.1, -0.05) is 12.1 Å². The van der Waals surface area contributed by atoms with Crippen LogP contribution in [0, 0.1) is 0 Å². The summed E-state index contributed by atoms with van der Waals surface area (Å²) in [6, 6.07) is 11.2. The van der Waals surface area contributed by atoms with Gasteiger partial charge in [-0.3, -0.25) is 0 Å². The molecule has 0 amide bonds. The monoisotopic (exact) mass is 274 g/mol. The molecule has 4 nitrogen and oxygen atoms in total. The van der Waals surface area contributed by atoms with Gasteiger partial charge in [0.25, 0.3) is 0 Å². The summed E-state index contributed by atoms with van der Waals surface area (Å²) in [6.07, 6.45) is 0. The fraction of sp³-hybridized carbons (Fsp3) is 0.250. The van der Waals surface area contributed by atoms with Crippen molar-refractivity contribution in [2.24, 2.45) is 0 Å². The molecule has 0 bridgehead atoms. The molecule has 0 aliphatic carbocycles. The van der Waals surface area contributed by atoms with Crippen LogP contribution in [-0.2, 0) is 6.61 Å². The molecule has 0 aliphatic rings. The molecule has 4 heteroatoms. The highest BCUT2D eigenvalue weighted by Gasteiger charge is 2.14. The van der Waals surface area contributed by atoms with Gasteiger partial charge in [0.15, 0.2) is 0 Å². The topological polar surface area (TPSA) is 47.9 Å². The summed E-state index contributed by atoms with van der Waals surface area (Å²) < 4.78 is 15.9. The van der Waals surface area contributed by atoms with Crippen molar-refractivity contribution in [3.63, 3.8) is 0 Å². The highest BCUT2D eigenvalue weighted by atomic mass is 16.5. The molecule has 0 fully saturated rings. The third-order valence-electron chi connectivity index (χ3n) is 3.14. The van der Waals surface area contributed by atoms with E-state index in [4.69, 9.17) is 14.2 Å². The van der Waals surface area contributed by atoms with E-state index < -0.39 is 0 Å². The van der Waals surface area contributed by atoms with E-state index in [1.54, 1.807) is 33.5 Å². The van der Waals surface area contributed by atoms with Crippen molar-refractivity contribution in [2.45, 2.75) is 6.61 Å². The van der Waals surface area contributed by atoms with E-state index in [-0.39, 0.29) is 6.61 Å². The molecule has 2 rings (SSSR count). The third-order valence-corrected chi connectivity index (χ3v) is 3.14. The van der Waals surface area contributed by atoms with E-state index >= 15 is 0 Å². The van der Waals surface area contributed by atoms with Crippen LogP contribution in [0.1, 0.15) is 5.56 Å². The summed E-state index contributed by atoms with van der Waals surface area (Å²) in [5.41, 5.74) is 2.51. The van der Waals surface area contributed by atoms with Crippen molar-refractivity contribution >= 4 is 0 Å². The van der Waals surface area contributed by atoms with Crippen LogP contribution in [0.15, 0.2) is 36.4 Å². The third kappa shape index (κ3) is 2.70. The molecule has 2 aromatic rings. The van der Waals surface area contributed by atoms with Crippen LogP contribution in [0.2, 0.25) is 0 Å². The first-order valence-corrected chi connectivity index (χ1v) is 6.23. The average Bonchev–Trinajstić information content (AvgIpc) is 2.53. The molecule has 20 heavy (non-hydrogen) atoms. The molecule has 0 heterocycles. The Morgan fingerprint density at radius 1 is 0.900 bits per heavy atom. The van der Waals surface area contributed by atoms with E-state index in [1.165, 1.54) is 0 Å². The van der Waals surface area contributed by atoms with Crippen LogP contribution in [0.25, 0.3) is 11.1 Å². The number of hydrogen-bond acceptors (Lipinski definition) is 4.